The van der Waals surface area contributed by atoms with Crippen LogP contribution in [0.4, 0.5) is 0 Å². The molecule has 1 aliphatic heterocycles. The fourth-order valence-electron chi connectivity index (χ4n) is 2.05. The molecule has 1 aliphatic rings. The smallest absolute Gasteiger partial charge is 0.157 e. The van der Waals surface area contributed by atoms with E-state index in [4.69, 9.17) is 14.2 Å². The van der Waals surface area contributed by atoms with Crippen LogP contribution in [0.25, 0.3) is 0 Å². The first-order chi connectivity index (χ1) is 8.77. The van der Waals surface area contributed by atoms with Crippen LogP contribution < -0.4 is 4.74 Å². The summed E-state index contributed by atoms with van der Waals surface area (Å²) in [6, 6.07) is 6.11. The molecular weight excluding hydrogens is 228 g/mol. The summed E-state index contributed by atoms with van der Waals surface area (Å²) < 4.78 is 16.9. The van der Waals surface area contributed by atoms with Gasteiger partial charge in [0.2, 0.25) is 0 Å². The molecule has 1 heterocycles. The van der Waals surface area contributed by atoms with Gasteiger partial charge in [-0.05, 0) is 50.3 Å². The lowest BCUT2D eigenvalue weighted by Gasteiger charge is -2.22. The molecule has 3 heteroatoms. The van der Waals surface area contributed by atoms with Crippen molar-refractivity contribution >= 4 is 0 Å². The van der Waals surface area contributed by atoms with E-state index >= 15 is 0 Å². The second-order valence-corrected chi connectivity index (χ2v) is 4.71. The highest BCUT2D eigenvalue weighted by atomic mass is 16.7. The zero-order valence-electron chi connectivity index (χ0n) is 11.3. The van der Waals surface area contributed by atoms with Crippen molar-refractivity contribution in [3.63, 3.8) is 0 Å². The third kappa shape index (κ3) is 3.72. The summed E-state index contributed by atoms with van der Waals surface area (Å²) >= 11 is 0. The van der Waals surface area contributed by atoms with E-state index in [0.29, 0.717) is 13.2 Å². The molecule has 1 atom stereocenters. The molecule has 1 saturated heterocycles. The number of hydrogen-bond donors (Lipinski definition) is 0. The molecule has 1 aromatic rings. The SMILES string of the molecule is Cc1cccc(OCCO[C@@H]2CCCCO2)c1C. The maximum absolute atomic E-state index is 5.73. The van der Waals surface area contributed by atoms with Gasteiger partial charge < -0.3 is 14.2 Å². The van der Waals surface area contributed by atoms with Crippen molar-refractivity contribution in [2.45, 2.75) is 39.4 Å². The molecule has 1 aromatic carbocycles. The van der Waals surface area contributed by atoms with Crippen LogP contribution in [0.15, 0.2) is 18.2 Å². The molecule has 100 valence electrons. The largest absolute Gasteiger partial charge is 0.491 e. The Bertz CT molecular complexity index is 370. The van der Waals surface area contributed by atoms with E-state index in [9.17, 15) is 0 Å². The summed E-state index contributed by atoms with van der Waals surface area (Å²) in [4.78, 5) is 0. The number of hydrogen-bond acceptors (Lipinski definition) is 3. The average molecular weight is 250 g/mol. The standard InChI is InChI=1S/C15H22O3/c1-12-6-5-7-14(13(12)2)16-10-11-18-15-8-3-4-9-17-15/h5-7,15H,3-4,8-11H2,1-2H3/t15-/m1/s1. The Morgan fingerprint density at radius 2 is 2.11 bits per heavy atom. The predicted octanol–water partition coefficient (Wildman–Crippen LogP) is 3.23. The van der Waals surface area contributed by atoms with Gasteiger partial charge in [0.25, 0.3) is 0 Å². The second-order valence-electron chi connectivity index (χ2n) is 4.71. The Morgan fingerprint density at radius 1 is 1.22 bits per heavy atom. The van der Waals surface area contributed by atoms with Gasteiger partial charge >= 0.3 is 0 Å². The van der Waals surface area contributed by atoms with Crippen LogP contribution in [0, 0.1) is 13.8 Å². The fourth-order valence-corrected chi connectivity index (χ4v) is 2.05. The van der Waals surface area contributed by atoms with Crippen molar-refractivity contribution in [2.24, 2.45) is 0 Å². The minimum atomic E-state index is -0.0269. The number of benzene rings is 1. The summed E-state index contributed by atoms with van der Waals surface area (Å²) in [5.41, 5.74) is 2.45. The van der Waals surface area contributed by atoms with Crippen LogP contribution in [-0.4, -0.2) is 26.1 Å². The molecule has 3 nitrogen and oxygen atoms in total. The second kappa shape index (κ2) is 6.76. The first-order valence-corrected chi connectivity index (χ1v) is 6.69. The van der Waals surface area contributed by atoms with Gasteiger partial charge in [0.05, 0.1) is 6.61 Å². The average Bonchev–Trinajstić information content (AvgIpc) is 2.40. The van der Waals surface area contributed by atoms with Gasteiger partial charge in [0, 0.05) is 6.61 Å². The maximum Gasteiger partial charge on any atom is 0.157 e. The highest BCUT2D eigenvalue weighted by Gasteiger charge is 2.13. The topological polar surface area (TPSA) is 27.7 Å². The fraction of sp³-hybridized carbons (Fsp3) is 0.600. The Kier molecular flexibility index (Phi) is 5.02. The van der Waals surface area contributed by atoms with E-state index < -0.39 is 0 Å². The van der Waals surface area contributed by atoms with Crippen molar-refractivity contribution in [3.05, 3.63) is 29.3 Å². The van der Waals surface area contributed by atoms with Gasteiger partial charge in [-0.1, -0.05) is 12.1 Å². The van der Waals surface area contributed by atoms with Crippen molar-refractivity contribution in [2.75, 3.05) is 19.8 Å². The molecule has 0 radical (unpaired) electrons. The van der Waals surface area contributed by atoms with E-state index in [1.54, 1.807) is 0 Å². The monoisotopic (exact) mass is 250 g/mol. The third-order valence-electron chi connectivity index (χ3n) is 3.34. The molecule has 0 saturated carbocycles. The highest BCUT2D eigenvalue weighted by Crippen LogP contribution is 2.20. The molecule has 0 N–H and O–H groups in total. The summed E-state index contributed by atoms with van der Waals surface area (Å²) in [6.45, 7) is 6.15. The summed E-state index contributed by atoms with van der Waals surface area (Å²) in [6.07, 6.45) is 3.33. The molecule has 2 rings (SSSR count). The zero-order chi connectivity index (χ0) is 12.8. The van der Waals surface area contributed by atoms with E-state index in [-0.39, 0.29) is 6.29 Å². The lowest BCUT2D eigenvalue weighted by atomic mass is 10.1. The van der Waals surface area contributed by atoms with E-state index in [2.05, 4.69) is 19.9 Å². The van der Waals surface area contributed by atoms with Crippen LogP contribution in [-0.2, 0) is 9.47 Å². The summed E-state index contributed by atoms with van der Waals surface area (Å²) in [5.74, 6) is 0.947. The molecule has 1 fully saturated rings. The molecule has 0 spiro atoms. The number of rotatable bonds is 5. The van der Waals surface area contributed by atoms with Crippen molar-refractivity contribution in [1.29, 1.82) is 0 Å². The van der Waals surface area contributed by atoms with Crippen molar-refractivity contribution in [1.82, 2.24) is 0 Å². The number of aryl methyl sites for hydroxylation is 1. The van der Waals surface area contributed by atoms with E-state index in [1.807, 2.05) is 12.1 Å². The minimum absolute atomic E-state index is 0.0269. The molecule has 0 bridgehead atoms. The van der Waals surface area contributed by atoms with Crippen molar-refractivity contribution in [3.8, 4) is 5.75 Å². The van der Waals surface area contributed by atoms with Gasteiger partial charge in [0.1, 0.15) is 12.4 Å². The van der Waals surface area contributed by atoms with Gasteiger partial charge in [-0.2, -0.15) is 0 Å². The Balaban J connectivity index is 1.70. The van der Waals surface area contributed by atoms with Gasteiger partial charge in [-0.15, -0.1) is 0 Å². The molecule has 0 aliphatic carbocycles. The predicted molar refractivity (Wildman–Crippen MR) is 71.0 cm³/mol. The summed E-state index contributed by atoms with van der Waals surface area (Å²) in [7, 11) is 0. The van der Waals surface area contributed by atoms with E-state index in [0.717, 1.165) is 25.2 Å². The Morgan fingerprint density at radius 3 is 2.89 bits per heavy atom. The first-order valence-electron chi connectivity index (χ1n) is 6.69. The van der Waals surface area contributed by atoms with Crippen LogP contribution >= 0.6 is 0 Å². The van der Waals surface area contributed by atoms with Gasteiger partial charge in [-0.25, -0.2) is 0 Å². The molecule has 0 aromatic heterocycles. The summed E-state index contributed by atoms with van der Waals surface area (Å²) in [5, 5.41) is 0. The lowest BCUT2D eigenvalue weighted by Crippen LogP contribution is -2.24. The van der Waals surface area contributed by atoms with Crippen LogP contribution in [0.2, 0.25) is 0 Å². The quantitative estimate of drug-likeness (QED) is 0.751. The maximum atomic E-state index is 5.73. The first kappa shape index (κ1) is 13.4. The van der Waals surface area contributed by atoms with Crippen LogP contribution in [0.3, 0.4) is 0 Å². The normalized spacial score (nSPS) is 19.8. The van der Waals surface area contributed by atoms with Crippen LogP contribution in [0.1, 0.15) is 30.4 Å². The molecule has 0 unspecified atom stereocenters. The van der Waals surface area contributed by atoms with Crippen LogP contribution in [0.5, 0.6) is 5.75 Å². The zero-order valence-corrected chi connectivity index (χ0v) is 11.3. The Labute approximate surface area is 109 Å². The Hall–Kier alpha value is -1.06. The third-order valence-corrected chi connectivity index (χ3v) is 3.34. The van der Waals surface area contributed by atoms with Gasteiger partial charge in [-0.3, -0.25) is 0 Å². The van der Waals surface area contributed by atoms with E-state index in [1.165, 1.54) is 17.5 Å². The number of ether oxygens (including phenoxy) is 3. The van der Waals surface area contributed by atoms with Crippen molar-refractivity contribution < 1.29 is 14.2 Å². The molecule has 18 heavy (non-hydrogen) atoms. The lowest BCUT2D eigenvalue weighted by molar-refractivity contribution is -0.165. The van der Waals surface area contributed by atoms with Gasteiger partial charge in [0.15, 0.2) is 6.29 Å². The molecular formula is C15H22O3. The minimum Gasteiger partial charge on any atom is -0.491 e. The molecule has 0 amide bonds. The highest BCUT2D eigenvalue weighted by molar-refractivity contribution is 5.38.